The molecule has 1 aliphatic rings. The number of nitrogens with one attached hydrogen (secondary N) is 1. The van der Waals surface area contributed by atoms with Crippen LogP contribution in [0, 0.1) is 19.8 Å². The van der Waals surface area contributed by atoms with Crippen molar-refractivity contribution in [1.29, 1.82) is 0 Å². The summed E-state index contributed by atoms with van der Waals surface area (Å²) in [5.74, 6) is 0.214. The number of aromatic nitrogens is 1. The average molecular weight is 300 g/mol. The second-order valence-corrected chi connectivity index (χ2v) is 6.62. The largest absolute Gasteiger partial charge is 0.393 e. The number of aliphatic hydroxyl groups is 1. The lowest BCUT2D eigenvalue weighted by Crippen LogP contribution is -2.35. The number of amides is 1. The number of carbonyl (C=O) groups excluding carboxylic acids is 1. The fourth-order valence-electron chi connectivity index (χ4n) is 3.51. The molecule has 22 heavy (non-hydrogen) atoms. The Morgan fingerprint density at radius 2 is 2.14 bits per heavy atom. The van der Waals surface area contributed by atoms with Crippen LogP contribution in [-0.2, 0) is 0 Å². The number of benzene rings is 1. The molecule has 118 valence electrons. The van der Waals surface area contributed by atoms with Gasteiger partial charge in [-0.05, 0) is 44.4 Å². The summed E-state index contributed by atoms with van der Waals surface area (Å²) in [6, 6.07) is 6.18. The maximum Gasteiger partial charge on any atom is 0.270 e. The highest BCUT2D eigenvalue weighted by Gasteiger charge is 2.28. The zero-order valence-corrected chi connectivity index (χ0v) is 13.5. The highest BCUT2D eigenvalue weighted by atomic mass is 16.3. The first-order valence-corrected chi connectivity index (χ1v) is 8.00. The summed E-state index contributed by atoms with van der Waals surface area (Å²) in [6.07, 6.45) is 2.65. The van der Waals surface area contributed by atoms with Gasteiger partial charge < -0.3 is 15.0 Å². The Labute approximate surface area is 131 Å². The number of hydrogen-bond donors (Lipinski definition) is 2. The summed E-state index contributed by atoms with van der Waals surface area (Å²) in [5, 5.41) is 11.1. The number of aromatic amines is 1. The molecule has 0 radical (unpaired) electrons. The highest BCUT2D eigenvalue weighted by Crippen LogP contribution is 2.27. The van der Waals surface area contributed by atoms with E-state index in [0.29, 0.717) is 12.2 Å². The third-order valence-electron chi connectivity index (χ3n) is 4.90. The maximum atomic E-state index is 12.7. The van der Waals surface area contributed by atoms with E-state index >= 15 is 0 Å². The van der Waals surface area contributed by atoms with Crippen molar-refractivity contribution >= 4 is 16.8 Å². The van der Waals surface area contributed by atoms with Gasteiger partial charge in [0, 0.05) is 30.4 Å². The predicted molar refractivity (Wildman–Crippen MR) is 88.1 cm³/mol. The van der Waals surface area contributed by atoms with Crippen LogP contribution in [0.15, 0.2) is 18.2 Å². The number of aryl methyl sites for hydroxylation is 2. The molecule has 1 fully saturated rings. The number of carbonyl (C=O) groups is 1. The lowest BCUT2D eigenvalue weighted by molar-refractivity contribution is 0.0688. The summed E-state index contributed by atoms with van der Waals surface area (Å²) in [6.45, 7) is 4.67. The first-order chi connectivity index (χ1) is 10.5. The number of nitrogens with zero attached hydrogens (tertiary/aromatic N) is 1. The maximum absolute atomic E-state index is 12.7. The molecule has 1 aromatic heterocycles. The topological polar surface area (TPSA) is 56.3 Å². The molecule has 2 atom stereocenters. The van der Waals surface area contributed by atoms with Crippen molar-refractivity contribution in [3.63, 3.8) is 0 Å². The van der Waals surface area contributed by atoms with Crippen LogP contribution in [0.3, 0.4) is 0 Å². The van der Waals surface area contributed by atoms with E-state index in [1.807, 2.05) is 26.1 Å². The molecule has 2 unspecified atom stereocenters. The normalized spacial score (nSPS) is 21.5. The SMILES string of the molecule is Cc1ccc2[nH]c(C(=O)N(C)CC3CCCC3O)c(C)c2c1. The van der Waals surface area contributed by atoms with E-state index in [1.165, 1.54) is 5.56 Å². The number of aliphatic hydroxyl groups excluding tert-OH is 1. The molecule has 1 aliphatic carbocycles. The zero-order valence-electron chi connectivity index (χ0n) is 13.5. The molecule has 0 spiro atoms. The van der Waals surface area contributed by atoms with Crippen molar-refractivity contribution < 1.29 is 9.90 Å². The van der Waals surface area contributed by atoms with E-state index in [9.17, 15) is 9.90 Å². The molecule has 1 heterocycles. The van der Waals surface area contributed by atoms with Gasteiger partial charge in [-0.3, -0.25) is 4.79 Å². The van der Waals surface area contributed by atoms with Crippen molar-refractivity contribution in [3.05, 3.63) is 35.0 Å². The first kappa shape index (κ1) is 15.1. The van der Waals surface area contributed by atoms with E-state index in [-0.39, 0.29) is 17.9 Å². The Balaban J connectivity index is 1.83. The fourth-order valence-corrected chi connectivity index (χ4v) is 3.51. The number of rotatable bonds is 3. The van der Waals surface area contributed by atoms with E-state index in [4.69, 9.17) is 0 Å². The number of H-pyrrole nitrogens is 1. The Morgan fingerprint density at radius 3 is 2.82 bits per heavy atom. The Bertz CT molecular complexity index is 704. The van der Waals surface area contributed by atoms with Crippen LogP contribution in [-0.4, -0.2) is 40.6 Å². The summed E-state index contributed by atoms with van der Waals surface area (Å²) >= 11 is 0. The van der Waals surface area contributed by atoms with Gasteiger partial charge in [0.05, 0.1) is 6.10 Å². The Morgan fingerprint density at radius 1 is 1.36 bits per heavy atom. The van der Waals surface area contributed by atoms with E-state index in [2.05, 4.69) is 18.0 Å². The van der Waals surface area contributed by atoms with E-state index in [0.717, 1.165) is 35.7 Å². The molecule has 2 aromatic rings. The summed E-state index contributed by atoms with van der Waals surface area (Å²) in [7, 11) is 1.82. The van der Waals surface area contributed by atoms with Gasteiger partial charge in [-0.15, -0.1) is 0 Å². The average Bonchev–Trinajstić information content (AvgIpc) is 3.03. The molecule has 1 amide bonds. The summed E-state index contributed by atoms with van der Waals surface area (Å²) in [4.78, 5) is 17.7. The third-order valence-corrected chi connectivity index (χ3v) is 4.90. The molecular weight excluding hydrogens is 276 g/mol. The summed E-state index contributed by atoms with van der Waals surface area (Å²) in [5.41, 5.74) is 3.86. The zero-order chi connectivity index (χ0) is 15.9. The van der Waals surface area contributed by atoms with Crippen LogP contribution >= 0.6 is 0 Å². The quantitative estimate of drug-likeness (QED) is 0.915. The van der Waals surface area contributed by atoms with Gasteiger partial charge in [0.15, 0.2) is 0 Å². The number of fused-ring (bicyclic) bond motifs is 1. The number of hydrogen-bond acceptors (Lipinski definition) is 2. The van der Waals surface area contributed by atoms with Crippen LogP contribution < -0.4 is 0 Å². The first-order valence-electron chi connectivity index (χ1n) is 8.00. The Kier molecular flexibility index (Phi) is 3.96. The van der Waals surface area contributed by atoms with Gasteiger partial charge >= 0.3 is 0 Å². The minimum Gasteiger partial charge on any atom is -0.393 e. The Hall–Kier alpha value is -1.81. The lowest BCUT2D eigenvalue weighted by atomic mass is 10.1. The molecule has 4 nitrogen and oxygen atoms in total. The fraction of sp³-hybridized carbons (Fsp3) is 0.500. The van der Waals surface area contributed by atoms with E-state index in [1.54, 1.807) is 4.90 Å². The van der Waals surface area contributed by atoms with Gasteiger partial charge in [0.1, 0.15) is 5.69 Å². The molecule has 0 bridgehead atoms. The lowest BCUT2D eigenvalue weighted by Gasteiger charge is -2.23. The molecule has 4 heteroatoms. The van der Waals surface area contributed by atoms with Crippen LogP contribution in [0.1, 0.15) is 40.9 Å². The van der Waals surface area contributed by atoms with Crippen molar-refractivity contribution in [2.75, 3.05) is 13.6 Å². The molecule has 3 rings (SSSR count). The van der Waals surface area contributed by atoms with Gasteiger partial charge in [-0.1, -0.05) is 18.1 Å². The van der Waals surface area contributed by atoms with Crippen LogP contribution in [0.25, 0.3) is 10.9 Å². The molecule has 1 saturated carbocycles. The van der Waals surface area contributed by atoms with Crippen LogP contribution in [0.2, 0.25) is 0 Å². The molecule has 0 aliphatic heterocycles. The van der Waals surface area contributed by atoms with Crippen LogP contribution in [0.4, 0.5) is 0 Å². The standard InChI is InChI=1S/C18H24N2O2/c1-11-7-8-15-14(9-11)12(2)17(19-15)18(22)20(3)10-13-5-4-6-16(13)21/h7-9,13,16,19,21H,4-6,10H2,1-3H3. The summed E-state index contributed by atoms with van der Waals surface area (Å²) < 4.78 is 0. The molecule has 1 aromatic carbocycles. The highest BCUT2D eigenvalue weighted by molar-refractivity contribution is 6.00. The van der Waals surface area contributed by atoms with Gasteiger partial charge in [0.25, 0.3) is 5.91 Å². The van der Waals surface area contributed by atoms with Gasteiger partial charge in [-0.2, -0.15) is 0 Å². The van der Waals surface area contributed by atoms with E-state index < -0.39 is 0 Å². The second-order valence-electron chi connectivity index (χ2n) is 6.62. The monoisotopic (exact) mass is 300 g/mol. The smallest absolute Gasteiger partial charge is 0.270 e. The van der Waals surface area contributed by atoms with Crippen molar-refractivity contribution in [3.8, 4) is 0 Å². The molecular formula is C18H24N2O2. The molecule has 2 N–H and O–H groups in total. The van der Waals surface area contributed by atoms with Gasteiger partial charge in [-0.25, -0.2) is 0 Å². The van der Waals surface area contributed by atoms with Crippen molar-refractivity contribution in [2.45, 2.75) is 39.2 Å². The van der Waals surface area contributed by atoms with Gasteiger partial charge in [0.2, 0.25) is 0 Å². The third kappa shape index (κ3) is 2.63. The minimum atomic E-state index is -0.262. The second kappa shape index (κ2) is 5.76. The minimum absolute atomic E-state index is 0.00505. The predicted octanol–water partition coefficient (Wildman–Crippen LogP) is 3.02. The van der Waals surface area contributed by atoms with Crippen LogP contribution in [0.5, 0.6) is 0 Å². The van der Waals surface area contributed by atoms with Crippen molar-refractivity contribution in [1.82, 2.24) is 9.88 Å². The van der Waals surface area contributed by atoms with Crippen molar-refractivity contribution in [2.24, 2.45) is 5.92 Å². The molecule has 0 saturated heterocycles.